The number of aliphatic imine (C=N–C) groups is 1. The van der Waals surface area contributed by atoms with E-state index >= 15 is 0 Å². The zero-order valence-corrected chi connectivity index (χ0v) is 9.75. The Morgan fingerprint density at radius 3 is 2.87 bits per heavy atom. The largest absolute Gasteiger partial charge is 0.330 e. The summed E-state index contributed by atoms with van der Waals surface area (Å²) in [5.74, 6) is 0. The maximum atomic E-state index is 5.52. The molecule has 0 aliphatic heterocycles. The molecule has 0 saturated heterocycles. The smallest absolute Gasteiger partial charge is 0.0497 e. The summed E-state index contributed by atoms with van der Waals surface area (Å²) < 4.78 is 0. The number of rotatable bonds is 4. The van der Waals surface area contributed by atoms with Crippen LogP contribution >= 0.6 is 0 Å². The fourth-order valence-corrected chi connectivity index (χ4v) is 1.68. The van der Waals surface area contributed by atoms with Crippen molar-refractivity contribution in [1.82, 2.24) is 4.98 Å². The molecule has 0 radical (unpaired) electrons. The van der Waals surface area contributed by atoms with Gasteiger partial charge in [0.15, 0.2) is 0 Å². The normalized spacial score (nSPS) is 11.9. The summed E-state index contributed by atoms with van der Waals surface area (Å²) in [4.78, 5) is 8.64. The van der Waals surface area contributed by atoms with E-state index in [1.165, 1.54) is 11.1 Å². The Balaban J connectivity index is 3.09. The van der Waals surface area contributed by atoms with Gasteiger partial charge in [0.05, 0.1) is 0 Å². The first-order valence-electron chi connectivity index (χ1n) is 5.29. The molecule has 0 unspecified atom stereocenters. The first-order valence-corrected chi connectivity index (χ1v) is 5.29. The number of aryl methyl sites for hydroxylation is 2. The third-order valence-corrected chi connectivity index (χ3v) is 2.55. The van der Waals surface area contributed by atoms with Crippen LogP contribution in [-0.2, 0) is 6.42 Å². The van der Waals surface area contributed by atoms with Crippen LogP contribution < -0.4 is 5.73 Å². The average molecular weight is 205 g/mol. The van der Waals surface area contributed by atoms with Gasteiger partial charge in [0.1, 0.15) is 0 Å². The Morgan fingerprint density at radius 1 is 1.53 bits per heavy atom. The van der Waals surface area contributed by atoms with Crippen LogP contribution in [0.4, 0.5) is 0 Å². The minimum Gasteiger partial charge on any atom is -0.330 e. The molecule has 3 nitrogen and oxygen atoms in total. The molecule has 1 rings (SSSR count). The fraction of sp³-hybridized carbons (Fsp3) is 0.500. The van der Waals surface area contributed by atoms with E-state index in [1.807, 2.05) is 26.2 Å². The number of nitrogens with two attached hydrogens (primary N) is 1. The third kappa shape index (κ3) is 2.86. The molecule has 1 aromatic rings. The van der Waals surface area contributed by atoms with E-state index in [-0.39, 0.29) is 0 Å². The zero-order chi connectivity index (χ0) is 11.3. The summed E-state index contributed by atoms with van der Waals surface area (Å²) in [6, 6.07) is 2.02. The third-order valence-electron chi connectivity index (χ3n) is 2.55. The number of pyridine rings is 1. The number of nitrogens with zero attached hydrogens (tertiary/aromatic N) is 2. The van der Waals surface area contributed by atoms with E-state index in [2.05, 4.69) is 16.9 Å². The van der Waals surface area contributed by atoms with Crippen LogP contribution in [0.2, 0.25) is 0 Å². The maximum Gasteiger partial charge on any atom is 0.0497 e. The molecule has 0 bridgehead atoms. The van der Waals surface area contributed by atoms with E-state index in [0.29, 0.717) is 6.54 Å². The van der Waals surface area contributed by atoms with Crippen LogP contribution in [0.1, 0.15) is 30.2 Å². The summed E-state index contributed by atoms with van der Waals surface area (Å²) in [5, 5.41) is 0. The second-order valence-electron chi connectivity index (χ2n) is 3.65. The van der Waals surface area contributed by atoms with E-state index in [9.17, 15) is 0 Å². The number of hydrogen-bond donors (Lipinski definition) is 1. The van der Waals surface area contributed by atoms with Crippen LogP contribution in [0.15, 0.2) is 17.3 Å². The van der Waals surface area contributed by atoms with E-state index in [1.54, 1.807) is 0 Å². The second kappa shape index (κ2) is 5.61. The topological polar surface area (TPSA) is 51.3 Å². The van der Waals surface area contributed by atoms with Crippen molar-refractivity contribution >= 4 is 5.71 Å². The van der Waals surface area contributed by atoms with Gasteiger partial charge >= 0.3 is 0 Å². The van der Waals surface area contributed by atoms with Crippen molar-refractivity contribution in [3.05, 3.63) is 29.1 Å². The summed E-state index contributed by atoms with van der Waals surface area (Å²) in [6.07, 6.45) is 3.76. The molecule has 1 aromatic heterocycles. The summed E-state index contributed by atoms with van der Waals surface area (Å²) in [7, 11) is 1.81. The van der Waals surface area contributed by atoms with Gasteiger partial charge in [-0.15, -0.1) is 0 Å². The van der Waals surface area contributed by atoms with Crippen LogP contribution in [0, 0.1) is 6.92 Å². The quantitative estimate of drug-likeness (QED) is 0.761. The van der Waals surface area contributed by atoms with Crippen molar-refractivity contribution in [2.75, 3.05) is 13.6 Å². The molecule has 3 heteroatoms. The van der Waals surface area contributed by atoms with Crippen molar-refractivity contribution in [3.63, 3.8) is 0 Å². The van der Waals surface area contributed by atoms with Crippen molar-refractivity contribution in [3.8, 4) is 0 Å². The Hall–Kier alpha value is -1.22. The molecule has 82 valence electrons. The summed E-state index contributed by atoms with van der Waals surface area (Å²) >= 11 is 0. The minimum absolute atomic E-state index is 0.706. The van der Waals surface area contributed by atoms with Gasteiger partial charge in [0.2, 0.25) is 0 Å². The van der Waals surface area contributed by atoms with E-state index < -0.39 is 0 Å². The van der Waals surface area contributed by atoms with Crippen molar-refractivity contribution in [2.24, 2.45) is 10.7 Å². The molecule has 0 fully saturated rings. The Kier molecular flexibility index (Phi) is 4.43. The van der Waals surface area contributed by atoms with Crippen molar-refractivity contribution < 1.29 is 0 Å². The lowest BCUT2D eigenvalue weighted by atomic mass is 10.0. The monoisotopic (exact) mass is 205 g/mol. The predicted molar refractivity (Wildman–Crippen MR) is 64.5 cm³/mol. The van der Waals surface area contributed by atoms with Gasteiger partial charge in [-0.3, -0.25) is 9.98 Å². The van der Waals surface area contributed by atoms with Crippen LogP contribution in [0.5, 0.6) is 0 Å². The average Bonchev–Trinajstić information content (AvgIpc) is 2.25. The highest BCUT2D eigenvalue weighted by Gasteiger charge is 2.08. The molecule has 15 heavy (non-hydrogen) atoms. The fourth-order valence-electron chi connectivity index (χ4n) is 1.68. The van der Waals surface area contributed by atoms with E-state index in [4.69, 9.17) is 5.73 Å². The molecule has 0 spiro atoms. The number of aromatic nitrogens is 1. The maximum absolute atomic E-state index is 5.52. The Labute approximate surface area is 91.4 Å². The van der Waals surface area contributed by atoms with Gasteiger partial charge in [-0.2, -0.15) is 0 Å². The molecule has 0 aliphatic carbocycles. The highest BCUT2D eigenvalue weighted by molar-refractivity contribution is 6.00. The predicted octanol–water partition coefficient (Wildman–Crippen LogP) is 1.72. The molecule has 0 amide bonds. The SMILES string of the molecule is CN=C(C)c1c(C)ccnc1CCCN. The van der Waals surface area contributed by atoms with Crippen LogP contribution in [0.25, 0.3) is 0 Å². The Morgan fingerprint density at radius 2 is 2.27 bits per heavy atom. The molecule has 2 N–H and O–H groups in total. The van der Waals surface area contributed by atoms with Gasteiger partial charge in [-0.1, -0.05) is 0 Å². The van der Waals surface area contributed by atoms with E-state index in [0.717, 1.165) is 24.2 Å². The lowest BCUT2D eigenvalue weighted by Crippen LogP contribution is -2.08. The molecule has 0 aromatic carbocycles. The lowest BCUT2D eigenvalue weighted by Gasteiger charge is -2.10. The first-order chi connectivity index (χ1) is 7.20. The second-order valence-corrected chi connectivity index (χ2v) is 3.65. The summed E-state index contributed by atoms with van der Waals surface area (Å²) in [5.41, 5.74) is 10.1. The van der Waals surface area contributed by atoms with Gasteiger partial charge in [0.25, 0.3) is 0 Å². The standard InChI is InChI=1S/C12H19N3/c1-9-6-8-15-11(5-4-7-13)12(9)10(2)14-3/h6,8H,4-5,7,13H2,1-3H3. The molecule has 0 saturated carbocycles. The minimum atomic E-state index is 0.706. The van der Waals surface area contributed by atoms with Crippen LogP contribution in [0.3, 0.4) is 0 Å². The van der Waals surface area contributed by atoms with Gasteiger partial charge in [0, 0.05) is 30.2 Å². The molecule has 0 aliphatic rings. The molecular formula is C12H19N3. The van der Waals surface area contributed by atoms with Gasteiger partial charge in [-0.05, 0) is 44.9 Å². The first kappa shape index (κ1) is 11.9. The Bertz CT molecular complexity index is 356. The highest BCUT2D eigenvalue weighted by atomic mass is 14.7. The highest BCUT2D eigenvalue weighted by Crippen LogP contribution is 2.14. The van der Waals surface area contributed by atoms with Gasteiger partial charge < -0.3 is 5.73 Å². The van der Waals surface area contributed by atoms with Crippen LogP contribution in [-0.4, -0.2) is 24.3 Å². The summed E-state index contributed by atoms with van der Waals surface area (Å²) in [6.45, 7) is 4.82. The molecule has 1 heterocycles. The molecular weight excluding hydrogens is 186 g/mol. The van der Waals surface area contributed by atoms with Crippen molar-refractivity contribution in [1.29, 1.82) is 0 Å². The van der Waals surface area contributed by atoms with Crippen molar-refractivity contribution in [2.45, 2.75) is 26.7 Å². The molecule has 0 atom stereocenters. The zero-order valence-electron chi connectivity index (χ0n) is 9.75. The lowest BCUT2D eigenvalue weighted by molar-refractivity contribution is 0.807. The number of hydrogen-bond acceptors (Lipinski definition) is 3. The van der Waals surface area contributed by atoms with Gasteiger partial charge in [-0.25, -0.2) is 0 Å².